The first-order valence-corrected chi connectivity index (χ1v) is 11.2. The van der Waals surface area contributed by atoms with E-state index in [0.29, 0.717) is 16.3 Å². The Bertz CT molecular complexity index is 1090. The van der Waals surface area contributed by atoms with E-state index in [2.05, 4.69) is 25.3 Å². The van der Waals surface area contributed by atoms with Crippen molar-refractivity contribution in [3.05, 3.63) is 42.7 Å². The van der Waals surface area contributed by atoms with E-state index in [1.165, 1.54) is 29.8 Å². The average molecular weight is 418 g/mol. The van der Waals surface area contributed by atoms with E-state index in [-0.39, 0.29) is 16.7 Å². The van der Waals surface area contributed by atoms with Crippen LogP contribution in [0.1, 0.15) is 12.8 Å². The van der Waals surface area contributed by atoms with Crippen LogP contribution in [0.3, 0.4) is 0 Å². The number of hydrogen-bond donors (Lipinski definition) is 3. The van der Waals surface area contributed by atoms with E-state index in [9.17, 15) is 13.2 Å². The van der Waals surface area contributed by atoms with E-state index in [0.717, 1.165) is 30.6 Å². The first-order valence-electron chi connectivity index (χ1n) is 8.86. The summed E-state index contributed by atoms with van der Waals surface area (Å²) in [5.74, 6) is -0.0202. The Kier molecular flexibility index (Phi) is 5.25. The van der Waals surface area contributed by atoms with Crippen molar-refractivity contribution in [3.8, 4) is 0 Å². The number of nitrogens with zero attached hydrogens (tertiary/aromatic N) is 2. The number of sulfonamides is 1. The molecular formula is C18H19N5O3S2. The number of hydrogen-bond acceptors (Lipinski definition) is 7. The van der Waals surface area contributed by atoms with Gasteiger partial charge in [0.15, 0.2) is 5.13 Å². The molecule has 8 nitrogen and oxygen atoms in total. The van der Waals surface area contributed by atoms with Crippen molar-refractivity contribution < 1.29 is 13.2 Å². The Labute approximate surface area is 166 Å². The predicted molar refractivity (Wildman–Crippen MR) is 109 cm³/mol. The van der Waals surface area contributed by atoms with Crippen LogP contribution in [0.2, 0.25) is 0 Å². The van der Waals surface area contributed by atoms with Crippen LogP contribution >= 0.6 is 11.3 Å². The van der Waals surface area contributed by atoms with Gasteiger partial charge in [0.2, 0.25) is 5.91 Å². The lowest BCUT2D eigenvalue weighted by Crippen LogP contribution is -2.34. The smallest absolute Gasteiger partial charge is 0.263 e. The van der Waals surface area contributed by atoms with Crippen molar-refractivity contribution in [1.29, 1.82) is 0 Å². The third-order valence-corrected chi connectivity index (χ3v) is 6.83. The molecule has 1 aromatic carbocycles. The molecule has 1 aliphatic heterocycles. The van der Waals surface area contributed by atoms with Gasteiger partial charge in [0.05, 0.1) is 15.9 Å². The van der Waals surface area contributed by atoms with E-state index >= 15 is 0 Å². The molecule has 0 radical (unpaired) electrons. The normalized spacial score (nSPS) is 15.4. The standard InChI is InChI=1S/C18H19N5O3S2/c24-17(12-5-8-19-9-6-12)22-18-21-15-4-3-13(10-16(15)27-18)23-28(25,26)14-2-1-7-20-11-14/h1-4,7,10-12,19,23H,5-6,8-9H2,(H,21,22,24). The molecule has 0 aliphatic carbocycles. The van der Waals surface area contributed by atoms with E-state index in [1.807, 2.05) is 0 Å². The van der Waals surface area contributed by atoms with Gasteiger partial charge in [-0.2, -0.15) is 0 Å². The Hall–Kier alpha value is -2.56. The zero-order valence-electron chi connectivity index (χ0n) is 14.9. The second-order valence-electron chi connectivity index (χ2n) is 6.51. The molecule has 0 bridgehead atoms. The average Bonchev–Trinajstić information content (AvgIpc) is 3.10. The maximum absolute atomic E-state index is 12.4. The van der Waals surface area contributed by atoms with Crippen LogP contribution in [-0.4, -0.2) is 37.4 Å². The third kappa shape index (κ3) is 4.13. The molecule has 3 heterocycles. The first kappa shape index (κ1) is 18.8. The second kappa shape index (κ2) is 7.82. The van der Waals surface area contributed by atoms with E-state index in [1.54, 1.807) is 24.3 Å². The number of rotatable bonds is 5. The van der Waals surface area contributed by atoms with Crippen LogP contribution in [0.5, 0.6) is 0 Å². The number of piperidine rings is 1. The Morgan fingerprint density at radius 3 is 2.79 bits per heavy atom. The van der Waals surface area contributed by atoms with Gasteiger partial charge < -0.3 is 10.6 Å². The molecule has 0 spiro atoms. The number of thiazole rings is 1. The summed E-state index contributed by atoms with van der Waals surface area (Å²) in [4.78, 5) is 20.7. The molecule has 4 rings (SSSR count). The summed E-state index contributed by atoms with van der Waals surface area (Å²) in [6.07, 6.45) is 4.44. The highest BCUT2D eigenvalue weighted by Crippen LogP contribution is 2.30. The summed E-state index contributed by atoms with van der Waals surface area (Å²) in [5, 5.41) is 6.65. The first-order chi connectivity index (χ1) is 13.5. The number of aromatic nitrogens is 2. The van der Waals surface area contributed by atoms with Gasteiger partial charge in [0.25, 0.3) is 10.0 Å². The Morgan fingerprint density at radius 2 is 2.04 bits per heavy atom. The van der Waals surface area contributed by atoms with Crippen molar-refractivity contribution in [2.45, 2.75) is 17.7 Å². The topological polar surface area (TPSA) is 113 Å². The zero-order valence-corrected chi connectivity index (χ0v) is 16.5. The molecule has 0 saturated carbocycles. The quantitative estimate of drug-likeness (QED) is 0.588. The maximum atomic E-state index is 12.4. The van der Waals surface area contributed by atoms with Crippen molar-refractivity contribution in [1.82, 2.24) is 15.3 Å². The van der Waals surface area contributed by atoms with Crippen LogP contribution in [0.15, 0.2) is 47.6 Å². The van der Waals surface area contributed by atoms with Gasteiger partial charge >= 0.3 is 0 Å². The Balaban J connectivity index is 1.51. The van der Waals surface area contributed by atoms with Crippen molar-refractivity contribution in [3.63, 3.8) is 0 Å². The molecule has 0 unspecified atom stereocenters. The predicted octanol–water partition coefficient (Wildman–Crippen LogP) is 2.43. The number of carbonyl (C=O) groups excluding carboxylic acids is 1. The highest BCUT2D eigenvalue weighted by atomic mass is 32.2. The minimum Gasteiger partial charge on any atom is -0.317 e. The highest BCUT2D eigenvalue weighted by molar-refractivity contribution is 7.92. The number of pyridine rings is 1. The van der Waals surface area contributed by atoms with Crippen LogP contribution in [0.4, 0.5) is 10.8 Å². The molecule has 28 heavy (non-hydrogen) atoms. The summed E-state index contributed by atoms with van der Waals surface area (Å²) in [7, 11) is -3.71. The van der Waals surface area contributed by atoms with Crippen molar-refractivity contribution >= 4 is 48.3 Å². The van der Waals surface area contributed by atoms with Gasteiger partial charge in [0.1, 0.15) is 4.90 Å². The fourth-order valence-corrected chi connectivity index (χ4v) is 4.97. The number of carbonyl (C=O) groups is 1. The van der Waals surface area contributed by atoms with Gasteiger partial charge in [-0.15, -0.1) is 0 Å². The molecule has 10 heteroatoms. The fourth-order valence-electron chi connectivity index (χ4n) is 3.05. The molecule has 0 atom stereocenters. The minimum absolute atomic E-state index is 0.00452. The number of fused-ring (bicyclic) bond motifs is 1. The lowest BCUT2D eigenvalue weighted by Gasteiger charge is -2.20. The molecule has 3 N–H and O–H groups in total. The summed E-state index contributed by atoms with van der Waals surface area (Å²) in [5.41, 5.74) is 1.13. The summed E-state index contributed by atoms with van der Waals surface area (Å²) >= 11 is 1.32. The van der Waals surface area contributed by atoms with Crippen LogP contribution in [0.25, 0.3) is 10.2 Å². The van der Waals surface area contributed by atoms with Gasteiger partial charge in [0, 0.05) is 18.3 Å². The van der Waals surface area contributed by atoms with Crippen LogP contribution < -0.4 is 15.4 Å². The summed E-state index contributed by atoms with van der Waals surface area (Å²) in [6, 6.07) is 8.13. The molecule has 1 amide bonds. The van der Waals surface area contributed by atoms with E-state index in [4.69, 9.17) is 0 Å². The van der Waals surface area contributed by atoms with Gasteiger partial charge in [-0.3, -0.25) is 14.5 Å². The molecule has 146 valence electrons. The third-order valence-electron chi connectivity index (χ3n) is 4.53. The molecule has 1 saturated heterocycles. The second-order valence-corrected chi connectivity index (χ2v) is 9.22. The lowest BCUT2D eigenvalue weighted by molar-refractivity contribution is -0.120. The van der Waals surface area contributed by atoms with Crippen molar-refractivity contribution in [2.75, 3.05) is 23.1 Å². The number of benzene rings is 1. The molecule has 3 aromatic rings. The largest absolute Gasteiger partial charge is 0.317 e. The SMILES string of the molecule is O=C(Nc1nc2ccc(NS(=O)(=O)c3cccnc3)cc2s1)C1CCNCC1. The zero-order chi connectivity index (χ0) is 19.6. The number of nitrogens with one attached hydrogen (secondary N) is 3. The molecular weight excluding hydrogens is 398 g/mol. The highest BCUT2D eigenvalue weighted by Gasteiger charge is 2.22. The summed E-state index contributed by atoms with van der Waals surface area (Å²) < 4.78 is 28.2. The monoisotopic (exact) mass is 417 g/mol. The summed E-state index contributed by atoms with van der Waals surface area (Å²) in [6.45, 7) is 1.69. The van der Waals surface area contributed by atoms with Gasteiger partial charge in [-0.05, 0) is 56.3 Å². The van der Waals surface area contributed by atoms with E-state index < -0.39 is 10.0 Å². The number of anilines is 2. The van der Waals surface area contributed by atoms with Gasteiger partial charge in [-0.1, -0.05) is 11.3 Å². The molecule has 2 aromatic heterocycles. The maximum Gasteiger partial charge on any atom is 0.263 e. The Morgan fingerprint density at radius 1 is 1.21 bits per heavy atom. The van der Waals surface area contributed by atoms with Crippen molar-refractivity contribution in [2.24, 2.45) is 5.92 Å². The number of amides is 1. The minimum atomic E-state index is -3.71. The van der Waals surface area contributed by atoms with Crippen LogP contribution in [-0.2, 0) is 14.8 Å². The molecule has 1 fully saturated rings. The molecule has 1 aliphatic rings. The van der Waals surface area contributed by atoms with Gasteiger partial charge in [-0.25, -0.2) is 13.4 Å². The van der Waals surface area contributed by atoms with Crippen LogP contribution in [0, 0.1) is 5.92 Å². The fraction of sp³-hybridized carbons (Fsp3) is 0.278. The lowest BCUT2D eigenvalue weighted by atomic mass is 9.97.